The summed E-state index contributed by atoms with van der Waals surface area (Å²) in [6.45, 7) is 27.4. The van der Waals surface area contributed by atoms with Crippen molar-refractivity contribution in [3.05, 3.63) is 95.7 Å². The molecule has 0 saturated carbocycles. The number of fused-ring (bicyclic) bond motifs is 1. The number of H-pyrrole nitrogens is 1. The van der Waals surface area contributed by atoms with Gasteiger partial charge in [-0.3, -0.25) is 30.0 Å². The molecule has 21 heteroatoms. The number of hydrogen-bond acceptors (Lipinski definition) is 15. The van der Waals surface area contributed by atoms with Crippen molar-refractivity contribution in [3.63, 3.8) is 0 Å². The summed E-state index contributed by atoms with van der Waals surface area (Å²) >= 11 is 0. The Hall–Kier alpha value is -7.23. The Labute approximate surface area is 509 Å². The van der Waals surface area contributed by atoms with Gasteiger partial charge in [0.2, 0.25) is 17.8 Å². The summed E-state index contributed by atoms with van der Waals surface area (Å²) in [6.07, 6.45) is 2.88. The summed E-state index contributed by atoms with van der Waals surface area (Å²) in [5, 5.41) is 26.0. The average molecular weight is 1200 g/mol. The van der Waals surface area contributed by atoms with Crippen LogP contribution in [0.4, 0.5) is 14.4 Å². The molecule has 0 fully saturated rings. The normalized spacial score (nSPS) is 13.5. The Morgan fingerprint density at radius 3 is 1.63 bits per heavy atom. The van der Waals surface area contributed by atoms with E-state index in [0.29, 0.717) is 62.1 Å². The number of aromatic amines is 1. The summed E-state index contributed by atoms with van der Waals surface area (Å²) in [7, 11) is 0. The molecule has 0 aliphatic heterocycles. The molecule has 0 bridgehead atoms. The van der Waals surface area contributed by atoms with Crippen LogP contribution in [0, 0.1) is 0 Å². The number of carbonyl (C=O) groups is 6. The van der Waals surface area contributed by atoms with Gasteiger partial charge in [-0.25, -0.2) is 19.3 Å². The Balaban J connectivity index is 1.69. The standard InChI is InChI=1S/C65H99N9O12/c1-61(2,3)82-47-31-27-43(28-32-47)38-51(67-36-22-16-17-23-37-68-57(72-58(79)84-63(7,8)9)73-59(80)85-64(10,11)12)54(76)71-52(39-44-29-33-48(34-30-44)83-62(4,5)6)56(78)74(60(81)86-65(13,14)15)53(26-20-21-35-66)55(77)70-46(42-75)40-45-41-69-50-25-19-18-24-49(45)50/h18-19,24-25,27-34,41,46,51-53,67,69,75H,16-17,20-23,26,35-40,42,66H2,1-15H3,(H,70,77)(H,71,76)(H2,68,72,73,79,80)/t46-,51-,52-,53-/m0/s1. The number of aliphatic imine (C=N–C) groups is 1. The zero-order valence-electron chi connectivity index (χ0n) is 53.6. The minimum atomic E-state index is -1.45. The van der Waals surface area contributed by atoms with Crippen molar-refractivity contribution in [2.24, 2.45) is 10.7 Å². The van der Waals surface area contributed by atoms with Crippen molar-refractivity contribution in [2.75, 3.05) is 26.2 Å². The third kappa shape index (κ3) is 27.0. The number of unbranched alkanes of at least 4 members (excludes halogenated alkanes) is 4. The molecule has 4 aromatic rings. The summed E-state index contributed by atoms with van der Waals surface area (Å²) in [6, 6.07) is 17.6. The monoisotopic (exact) mass is 1200 g/mol. The molecule has 1 aromatic heterocycles. The largest absolute Gasteiger partial charge is 0.488 e. The lowest BCUT2D eigenvalue weighted by Crippen LogP contribution is -2.61. The highest BCUT2D eigenvalue weighted by atomic mass is 16.6. The molecule has 4 atom stereocenters. The van der Waals surface area contributed by atoms with E-state index in [2.05, 4.69) is 36.6 Å². The number of para-hydroxylation sites is 1. The van der Waals surface area contributed by atoms with Crippen LogP contribution in [0.15, 0.2) is 84.0 Å². The molecule has 476 valence electrons. The van der Waals surface area contributed by atoms with Gasteiger partial charge < -0.3 is 55.5 Å². The number of ether oxygens (including phenoxy) is 5. The number of aliphatic hydroxyl groups excluding tert-OH is 1. The lowest BCUT2D eigenvalue weighted by molar-refractivity contribution is -0.143. The number of nitrogens with one attached hydrogen (secondary N) is 6. The first-order valence-electron chi connectivity index (χ1n) is 30.0. The highest BCUT2D eigenvalue weighted by molar-refractivity contribution is 6.02. The average Bonchev–Trinajstić information content (AvgIpc) is 1.70. The fourth-order valence-electron chi connectivity index (χ4n) is 9.00. The van der Waals surface area contributed by atoms with E-state index in [1.807, 2.05) is 96.3 Å². The lowest BCUT2D eigenvalue weighted by atomic mass is 9.99. The molecule has 6 amide bonds. The van der Waals surface area contributed by atoms with Crippen molar-refractivity contribution in [1.82, 2.24) is 36.5 Å². The SMILES string of the molecule is CC(C)(C)OC(=O)NC(=NCCCCCCN[C@@H](Cc1ccc(OC(C)(C)C)cc1)C(=O)N[C@@H](Cc1ccc(OC(C)(C)C)cc1)C(=O)N(C(=O)OC(C)(C)C)[C@@H](CCCCN)C(=O)N[C@H](CO)Cc1c[nH]c2ccccc12)NC(=O)OC(C)(C)C. The van der Waals surface area contributed by atoms with E-state index in [-0.39, 0.29) is 44.7 Å². The van der Waals surface area contributed by atoms with Crippen LogP contribution in [-0.4, -0.2) is 135 Å². The summed E-state index contributed by atoms with van der Waals surface area (Å²) in [5.41, 5.74) is 5.45. The van der Waals surface area contributed by atoms with Gasteiger partial charge in [0.1, 0.15) is 51.6 Å². The molecule has 3 aromatic carbocycles. The van der Waals surface area contributed by atoms with Gasteiger partial charge in [-0.05, 0) is 209 Å². The van der Waals surface area contributed by atoms with Crippen molar-refractivity contribution in [2.45, 2.75) is 220 Å². The molecular formula is C65H99N9O12. The molecule has 4 rings (SSSR count). The van der Waals surface area contributed by atoms with Crippen LogP contribution in [-0.2, 0) is 47.9 Å². The number of carbonyl (C=O) groups excluding carboxylic acids is 6. The van der Waals surface area contributed by atoms with E-state index in [1.54, 1.807) is 86.6 Å². The van der Waals surface area contributed by atoms with Crippen molar-refractivity contribution >= 4 is 52.9 Å². The van der Waals surface area contributed by atoms with E-state index >= 15 is 9.59 Å². The second-order valence-electron chi connectivity index (χ2n) is 26.5. The van der Waals surface area contributed by atoms with Crippen LogP contribution in [0.3, 0.4) is 0 Å². The first kappa shape index (κ1) is 71.3. The van der Waals surface area contributed by atoms with Gasteiger partial charge in [0, 0.05) is 30.1 Å². The van der Waals surface area contributed by atoms with Crippen LogP contribution in [0.1, 0.15) is 165 Å². The topological polar surface area (TPSA) is 286 Å². The maximum atomic E-state index is 15.7. The summed E-state index contributed by atoms with van der Waals surface area (Å²) < 4.78 is 28.9. The first-order valence-corrected chi connectivity index (χ1v) is 30.0. The number of nitrogens with zero attached hydrogens (tertiary/aromatic N) is 2. The summed E-state index contributed by atoms with van der Waals surface area (Å²) in [4.78, 5) is 94.2. The Morgan fingerprint density at radius 1 is 0.593 bits per heavy atom. The molecule has 0 unspecified atom stereocenters. The maximum absolute atomic E-state index is 15.7. The van der Waals surface area contributed by atoms with Crippen LogP contribution < -0.4 is 41.8 Å². The van der Waals surface area contributed by atoms with E-state index < -0.39 is 94.8 Å². The van der Waals surface area contributed by atoms with Gasteiger partial charge in [0.05, 0.1) is 18.7 Å². The number of nitrogens with two attached hydrogens (primary N) is 1. The van der Waals surface area contributed by atoms with Gasteiger partial charge in [0.25, 0.3) is 5.91 Å². The minimum Gasteiger partial charge on any atom is -0.488 e. The molecule has 0 saturated heterocycles. The fourth-order valence-corrected chi connectivity index (χ4v) is 9.00. The van der Waals surface area contributed by atoms with E-state index in [4.69, 9.17) is 29.4 Å². The molecule has 86 heavy (non-hydrogen) atoms. The van der Waals surface area contributed by atoms with E-state index in [1.165, 1.54) is 0 Å². The Bertz CT molecular complexity index is 2800. The fraction of sp³-hybridized carbons (Fsp3) is 0.585. The van der Waals surface area contributed by atoms with Crippen molar-refractivity contribution in [1.29, 1.82) is 0 Å². The van der Waals surface area contributed by atoms with Crippen LogP contribution in [0.5, 0.6) is 11.5 Å². The predicted molar refractivity (Wildman–Crippen MR) is 335 cm³/mol. The Morgan fingerprint density at radius 2 is 1.12 bits per heavy atom. The number of hydrogen-bond donors (Lipinski definition) is 8. The predicted octanol–water partition coefficient (Wildman–Crippen LogP) is 9.70. The number of aliphatic hydroxyl groups is 1. The Kier molecular flexibility index (Phi) is 26.9. The molecule has 0 aliphatic carbocycles. The highest BCUT2D eigenvalue weighted by Gasteiger charge is 2.42. The van der Waals surface area contributed by atoms with Crippen molar-refractivity contribution < 1.29 is 57.6 Å². The number of amides is 6. The minimum absolute atomic E-state index is 0.00266. The van der Waals surface area contributed by atoms with Gasteiger partial charge in [-0.15, -0.1) is 0 Å². The third-order valence-electron chi connectivity index (χ3n) is 12.6. The number of imide groups is 1. The van der Waals surface area contributed by atoms with Gasteiger partial charge in [0.15, 0.2) is 0 Å². The zero-order valence-corrected chi connectivity index (χ0v) is 53.6. The second-order valence-corrected chi connectivity index (χ2v) is 26.5. The molecule has 0 spiro atoms. The van der Waals surface area contributed by atoms with Crippen LogP contribution >= 0.6 is 0 Å². The third-order valence-corrected chi connectivity index (χ3v) is 12.6. The maximum Gasteiger partial charge on any atom is 0.417 e. The number of benzene rings is 3. The smallest absolute Gasteiger partial charge is 0.417 e. The molecule has 0 radical (unpaired) electrons. The van der Waals surface area contributed by atoms with Crippen LogP contribution in [0.25, 0.3) is 10.9 Å². The molecule has 9 N–H and O–H groups in total. The molecule has 21 nitrogen and oxygen atoms in total. The molecule has 0 aliphatic rings. The zero-order chi connectivity index (χ0) is 64.0. The number of alkyl carbamates (subject to hydrolysis) is 2. The highest BCUT2D eigenvalue weighted by Crippen LogP contribution is 2.25. The summed E-state index contributed by atoms with van der Waals surface area (Å²) in [5.74, 6) is -1.02. The number of rotatable bonds is 27. The van der Waals surface area contributed by atoms with E-state index in [0.717, 1.165) is 26.9 Å². The lowest BCUT2D eigenvalue weighted by Gasteiger charge is -2.35. The van der Waals surface area contributed by atoms with Gasteiger partial charge in [-0.2, -0.15) is 0 Å². The number of aromatic nitrogens is 1. The molecule has 1 heterocycles. The van der Waals surface area contributed by atoms with Gasteiger partial charge >= 0.3 is 18.3 Å². The van der Waals surface area contributed by atoms with Crippen molar-refractivity contribution in [3.8, 4) is 11.5 Å². The van der Waals surface area contributed by atoms with Gasteiger partial charge in [-0.1, -0.05) is 55.3 Å². The van der Waals surface area contributed by atoms with Crippen LogP contribution in [0.2, 0.25) is 0 Å². The quantitative estimate of drug-likeness (QED) is 0.0119. The number of guanidine groups is 1. The first-order chi connectivity index (χ1) is 40.1. The molecular weight excluding hydrogens is 1100 g/mol. The second kappa shape index (κ2) is 32.5. The van der Waals surface area contributed by atoms with E-state index in [9.17, 15) is 24.3 Å².